The minimum Gasteiger partial charge on any atom is -0.462 e. The average molecular weight is 511 g/mol. The number of carbonyl (C=O) groups is 2. The molecule has 3 aromatic rings. The van der Waals surface area contributed by atoms with E-state index >= 15 is 0 Å². The fourth-order valence-electron chi connectivity index (χ4n) is 3.00. The van der Waals surface area contributed by atoms with Gasteiger partial charge in [0.25, 0.3) is 0 Å². The van der Waals surface area contributed by atoms with Crippen LogP contribution in [0.2, 0.25) is 0 Å². The highest BCUT2D eigenvalue weighted by Crippen LogP contribution is 2.11. The maximum absolute atomic E-state index is 12.2. The van der Waals surface area contributed by atoms with Crippen molar-refractivity contribution in [3.05, 3.63) is 107 Å². The Morgan fingerprint density at radius 2 is 1.49 bits per heavy atom. The Morgan fingerprint density at radius 1 is 0.919 bits per heavy atom. The number of amides is 1. The minimum atomic E-state index is -0.725. The van der Waals surface area contributed by atoms with Crippen molar-refractivity contribution in [1.82, 2.24) is 0 Å². The van der Waals surface area contributed by atoms with Gasteiger partial charge in [0.1, 0.15) is 23.2 Å². The topological polar surface area (TPSA) is 108 Å². The molecule has 0 spiro atoms. The van der Waals surface area contributed by atoms with Crippen LogP contribution in [0.5, 0.6) is 0 Å². The van der Waals surface area contributed by atoms with Crippen LogP contribution in [0, 0.1) is 10.7 Å². The van der Waals surface area contributed by atoms with Gasteiger partial charge in [0.05, 0.1) is 0 Å². The van der Waals surface area contributed by atoms with Crippen molar-refractivity contribution in [2.24, 2.45) is 10.9 Å². The number of hydrogen-bond donors (Lipinski definition) is 1. The van der Waals surface area contributed by atoms with E-state index in [9.17, 15) is 18.9 Å². The van der Waals surface area contributed by atoms with Crippen LogP contribution in [-0.2, 0) is 27.1 Å². The van der Waals surface area contributed by atoms with Gasteiger partial charge < -0.3 is 15.2 Å². The van der Waals surface area contributed by atoms with Crippen LogP contribution >= 0.6 is 0 Å². The van der Waals surface area contributed by atoms with E-state index in [1.54, 1.807) is 20.8 Å². The summed E-state index contributed by atoms with van der Waals surface area (Å²) in [5, 5.41) is 2.54. The number of ether oxygens (including phenoxy) is 2. The van der Waals surface area contributed by atoms with Gasteiger partial charge in [0, 0.05) is 18.9 Å². The van der Waals surface area contributed by atoms with Crippen molar-refractivity contribution >= 4 is 17.7 Å². The molecule has 0 aromatic heterocycles. The molecule has 1 atom stereocenters. The molecule has 0 aliphatic rings. The molecular formula is C29H35FN2O5. The van der Waals surface area contributed by atoms with E-state index < -0.39 is 17.5 Å². The largest absolute Gasteiger partial charge is 0.462 e. The number of nitrogens with two attached hydrogens (primary N) is 1. The third-order valence-electron chi connectivity index (χ3n) is 4.48. The first-order valence-electron chi connectivity index (χ1n) is 11.8. The predicted octanol–water partition coefficient (Wildman–Crippen LogP) is 6.90. The summed E-state index contributed by atoms with van der Waals surface area (Å²) in [6.45, 7) is 7.22. The van der Waals surface area contributed by atoms with Crippen LogP contribution in [0.3, 0.4) is 0 Å². The highest BCUT2D eigenvalue weighted by atomic mass is 19.1. The second kappa shape index (κ2) is 16.6. The summed E-state index contributed by atoms with van der Waals surface area (Å²) in [5.41, 5.74) is 6.74. The Bertz CT molecular complexity index is 1090. The lowest BCUT2D eigenvalue weighted by Gasteiger charge is -2.16. The molecule has 1 unspecified atom stereocenters. The molecule has 0 bridgehead atoms. The first kappa shape index (κ1) is 31.0. The van der Waals surface area contributed by atoms with Crippen LogP contribution in [0.4, 0.5) is 14.9 Å². The molecule has 0 fully saturated rings. The number of hydrogen-bond acceptors (Lipinski definition) is 6. The predicted molar refractivity (Wildman–Crippen MR) is 143 cm³/mol. The normalized spacial score (nSPS) is 10.9. The Kier molecular flexibility index (Phi) is 13.9. The summed E-state index contributed by atoms with van der Waals surface area (Å²) < 4.78 is 22.2. The Morgan fingerprint density at radius 3 is 1.92 bits per heavy atom. The van der Waals surface area contributed by atoms with Crippen LogP contribution in [0.25, 0.3) is 0 Å². The molecule has 0 heterocycles. The van der Waals surface area contributed by atoms with Crippen molar-refractivity contribution in [1.29, 1.82) is 0 Å². The summed E-state index contributed by atoms with van der Waals surface area (Å²) >= 11 is 0. The van der Waals surface area contributed by atoms with Gasteiger partial charge in [-0.2, -0.15) is 0 Å². The van der Waals surface area contributed by atoms with Gasteiger partial charge in [-0.05, 0) is 62.6 Å². The van der Waals surface area contributed by atoms with Crippen LogP contribution < -0.4 is 5.73 Å². The molecule has 0 radical (unpaired) electrons. The zero-order valence-corrected chi connectivity index (χ0v) is 21.7. The van der Waals surface area contributed by atoms with Gasteiger partial charge >= 0.3 is 12.1 Å². The monoisotopic (exact) mass is 510 g/mol. The van der Waals surface area contributed by atoms with Gasteiger partial charge in [-0.3, -0.25) is 4.79 Å². The van der Waals surface area contributed by atoms with Crippen LogP contribution in [0.1, 0.15) is 45.2 Å². The smallest absolute Gasteiger partial charge is 0.405 e. The molecule has 0 saturated carbocycles. The van der Waals surface area contributed by atoms with Crippen molar-refractivity contribution < 1.29 is 23.5 Å². The number of nitrogens with zero attached hydrogens (tertiary/aromatic N) is 1. The highest BCUT2D eigenvalue weighted by molar-refractivity contribution is 5.70. The fourth-order valence-corrected chi connectivity index (χ4v) is 3.00. The van der Waals surface area contributed by atoms with Gasteiger partial charge in [0.2, 0.25) is 0 Å². The Balaban J connectivity index is 0.000000333. The molecule has 8 heteroatoms. The molecule has 1 amide bonds. The van der Waals surface area contributed by atoms with Crippen molar-refractivity contribution in [2.45, 2.75) is 58.7 Å². The van der Waals surface area contributed by atoms with Crippen LogP contribution in [0.15, 0.2) is 90.1 Å². The minimum absolute atomic E-state index is 0.0827. The second-order valence-electron chi connectivity index (χ2n) is 9.08. The van der Waals surface area contributed by atoms with Gasteiger partial charge in [0.15, 0.2) is 0 Å². The van der Waals surface area contributed by atoms with Gasteiger partial charge in [-0.15, -0.1) is 4.91 Å². The number of esters is 1. The Labute approximate surface area is 217 Å². The molecule has 7 nitrogen and oxygen atoms in total. The maximum Gasteiger partial charge on any atom is 0.405 e. The first-order valence-corrected chi connectivity index (χ1v) is 11.8. The number of rotatable bonds is 7. The number of halogens is 1. The number of carbonyl (C=O) groups excluding carboxylic acids is 2. The lowest BCUT2D eigenvalue weighted by Crippen LogP contribution is -2.27. The SMILES string of the molecule is CC(C)(C)OC(N)=O.CC(Cc1ccccc1)OC(=O)CCc1ccccc1.O=Nc1cccc(F)c1. The van der Waals surface area contributed by atoms with E-state index in [1.807, 2.05) is 67.6 Å². The van der Waals surface area contributed by atoms with E-state index in [0.717, 1.165) is 18.9 Å². The van der Waals surface area contributed by atoms with Gasteiger partial charge in [-0.25, -0.2) is 9.18 Å². The molecule has 3 rings (SSSR count). The molecule has 3 aromatic carbocycles. The second-order valence-corrected chi connectivity index (χ2v) is 9.08. The highest BCUT2D eigenvalue weighted by Gasteiger charge is 2.12. The molecule has 198 valence electrons. The number of aryl methyl sites for hydroxylation is 1. The van der Waals surface area contributed by atoms with E-state index in [1.165, 1.54) is 29.3 Å². The Hall–Kier alpha value is -4.07. The quantitative estimate of drug-likeness (QED) is 0.275. The standard InChI is InChI=1S/C18H20O2.C6H4FNO.C5H11NO2/c1-15(14-17-10-6-3-7-11-17)20-18(19)13-12-16-8-4-2-5-9-16;7-5-2-1-3-6(4-5)8-9;1-5(2,3)8-4(6)7/h2-11,15H,12-14H2,1H3;1-4H;1-3H3,(H2,6,7). The number of nitroso groups, excluding NO2 is 1. The summed E-state index contributed by atoms with van der Waals surface area (Å²) in [4.78, 5) is 31.6. The van der Waals surface area contributed by atoms with Gasteiger partial charge in [-0.1, -0.05) is 66.7 Å². The first-order chi connectivity index (χ1) is 17.5. The fraction of sp³-hybridized carbons (Fsp3) is 0.310. The summed E-state index contributed by atoms with van der Waals surface area (Å²) in [7, 11) is 0. The van der Waals surface area contributed by atoms with Crippen molar-refractivity contribution in [3.8, 4) is 0 Å². The van der Waals surface area contributed by atoms with Crippen molar-refractivity contribution in [3.63, 3.8) is 0 Å². The lowest BCUT2D eigenvalue weighted by molar-refractivity contribution is -0.148. The third kappa shape index (κ3) is 16.3. The molecule has 2 N–H and O–H groups in total. The van der Waals surface area contributed by atoms with E-state index in [4.69, 9.17) is 10.5 Å². The molecule has 0 aliphatic carbocycles. The lowest BCUT2D eigenvalue weighted by atomic mass is 10.1. The average Bonchev–Trinajstić information content (AvgIpc) is 2.83. The number of benzene rings is 3. The molecule has 0 saturated heterocycles. The maximum atomic E-state index is 12.2. The van der Waals surface area contributed by atoms with E-state index in [0.29, 0.717) is 6.42 Å². The summed E-state index contributed by atoms with van der Waals surface area (Å²) in [6.07, 6.45) is 1.12. The van der Waals surface area contributed by atoms with E-state index in [2.05, 4.69) is 9.91 Å². The van der Waals surface area contributed by atoms with Crippen molar-refractivity contribution in [2.75, 3.05) is 0 Å². The molecule has 0 aliphatic heterocycles. The zero-order chi connectivity index (χ0) is 27.7. The van der Waals surface area contributed by atoms with Crippen LogP contribution in [-0.4, -0.2) is 23.8 Å². The summed E-state index contributed by atoms with van der Waals surface area (Å²) in [5.74, 6) is -0.565. The molecule has 37 heavy (non-hydrogen) atoms. The third-order valence-corrected chi connectivity index (χ3v) is 4.48. The zero-order valence-electron chi connectivity index (χ0n) is 21.7. The molecular weight excluding hydrogens is 475 g/mol. The number of primary amides is 1. The van der Waals surface area contributed by atoms with E-state index in [-0.39, 0.29) is 17.8 Å². The summed E-state index contributed by atoms with van der Waals surface area (Å²) in [6, 6.07) is 25.3.